The second kappa shape index (κ2) is 12.7. The van der Waals surface area contributed by atoms with Gasteiger partial charge in [-0.3, -0.25) is 10.1 Å². The standard InChI is InChI=1S/C24H24N4O6S2/c1-3-32-21-15-17(10-11-20(21)34-13-12-33-19-8-6-5-7-9-19)14-18(16-25)22(29)26-23-27-28-24(35-23)36(30,31)4-2/h5-11,14-15H,3-4,12-13H2,1-2H3,(H,26,27,29)/b18-14-. The van der Waals surface area contributed by atoms with Crippen LogP contribution in [0.5, 0.6) is 17.2 Å². The molecule has 1 heterocycles. The van der Waals surface area contributed by atoms with Gasteiger partial charge in [-0.25, -0.2) is 8.42 Å². The van der Waals surface area contributed by atoms with Crippen LogP contribution in [0.3, 0.4) is 0 Å². The Hall–Kier alpha value is -3.95. The summed E-state index contributed by atoms with van der Waals surface area (Å²) in [6, 6.07) is 16.2. The summed E-state index contributed by atoms with van der Waals surface area (Å²) < 4.78 is 40.7. The second-order valence-corrected chi connectivity index (χ2v) is 10.5. The summed E-state index contributed by atoms with van der Waals surface area (Å²) in [5.41, 5.74) is 0.321. The molecule has 0 aliphatic rings. The minimum absolute atomic E-state index is 0.0235. The topological polar surface area (TPSA) is 140 Å². The highest BCUT2D eigenvalue weighted by molar-refractivity contribution is 7.93. The molecule has 1 aromatic heterocycles. The molecule has 0 unspecified atom stereocenters. The van der Waals surface area contributed by atoms with Crippen LogP contribution < -0.4 is 19.5 Å². The van der Waals surface area contributed by atoms with Crippen LogP contribution in [0.15, 0.2) is 58.4 Å². The molecule has 0 bridgehead atoms. The predicted molar refractivity (Wildman–Crippen MR) is 135 cm³/mol. The average molecular weight is 529 g/mol. The van der Waals surface area contributed by atoms with E-state index >= 15 is 0 Å². The molecular weight excluding hydrogens is 504 g/mol. The van der Waals surface area contributed by atoms with E-state index in [4.69, 9.17) is 14.2 Å². The molecule has 0 radical (unpaired) electrons. The number of nitriles is 1. The molecule has 36 heavy (non-hydrogen) atoms. The van der Waals surface area contributed by atoms with Gasteiger partial charge in [-0.05, 0) is 42.8 Å². The summed E-state index contributed by atoms with van der Waals surface area (Å²) in [5, 5.41) is 19.1. The van der Waals surface area contributed by atoms with E-state index in [0.717, 1.165) is 17.1 Å². The van der Waals surface area contributed by atoms with Crippen molar-refractivity contribution in [3.05, 3.63) is 59.7 Å². The van der Waals surface area contributed by atoms with Gasteiger partial charge in [0.15, 0.2) is 11.5 Å². The Kier molecular flexibility index (Phi) is 9.38. The predicted octanol–water partition coefficient (Wildman–Crippen LogP) is 3.73. The van der Waals surface area contributed by atoms with E-state index in [1.807, 2.05) is 43.3 Å². The van der Waals surface area contributed by atoms with Gasteiger partial charge in [0.1, 0.15) is 30.6 Å². The fourth-order valence-electron chi connectivity index (χ4n) is 2.82. The van der Waals surface area contributed by atoms with Gasteiger partial charge in [0, 0.05) is 0 Å². The number of carbonyl (C=O) groups excluding carboxylic acids is 1. The Morgan fingerprint density at radius 2 is 1.81 bits per heavy atom. The van der Waals surface area contributed by atoms with E-state index < -0.39 is 15.7 Å². The van der Waals surface area contributed by atoms with Crippen LogP contribution in [-0.4, -0.2) is 50.1 Å². The molecule has 12 heteroatoms. The van der Waals surface area contributed by atoms with Gasteiger partial charge in [0.2, 0.25) is 19.3 Å². The number of rotatable bonds is 12. The lowest BCUT2D eigenvalue weighted by atomic mass is 10.1. The summed E-state index contributed by atoms with van der Waals surface area (Å²) in [4.78, 5) is 12.6. The third kappa shape index (κ3) is 7.27. The van der Waals surface area contributed by atoms with Crippen molar-refractivity contribution >= 4 is 38.3 Å². The van der Waals surface area contributed by atoms with Crippen molar-refractivity contribution < 1.29 is 27.4 Å². The molecule has 2 aromatic carbocycles. The number of sulfone groups is 1. The summed E-state index contributed by atoms with van der Waals surface area (Å²) in [7, 11) is -3.54. The van der Waals surface area contributed by atoms with Crippen LogP contribution in [-0.2, 0) is 14.6 Å². The van der Waals surface area contributed by atoms with Crippen LogP contribution >= 0.6 is 11.3 Å². The molecule has 1 N–H and O–H groups in total. The minimum Gasteiger partial charge on any atom is -0.490 e. The van der Waals surface area contributed by atoms with Crippen molar-refractivity contribution in [2.24, 2.45) is 0 Å². The fourth-order valence-corrected chi connectivity index (χ4v) is 4.80. The molecule has 0 saturated heterocycles. The molecular formula is C24H24N4O6S2. The molecule has 0 saturated carbocycles. The quantitative estimate of drug-likeness (QED) is 0.161. The molecule has 0 atom stereocenters. The van der Waals surface area contributed by atoms with Gasteiger partial charge in [0.05, 0.1) is 12.4 Å². The van der Waals surface area contributed by atoms with E-state index in [0.29, 0.717) is 30.3 Å². The second-order valence-electron chi connectivity index (χ2n) is 7.05. The minimum atomic E-state index is -3.54. The number of ether oxygens (including phenoxy) is 3. The highest BCUT2D eigenvalue weighted by Crippen LogP contribution is 2.30. The highest BCUT2D eigenvalue weighted by Gasteiger charge is 2.20. The van der Waals surface area contributed by atoms with Gasteiger partial charge < -0.3 is 14.2 Å². The molecule has 0 aliphatic carbocycles. The van der Waals surface area contributed by atoms with Crippen molar-refractivity contribution in [2.45, 2.75) is 18.2 Å². The van der Waals surface area contributed by atoms with Crippen molar-refractivity contribution in [1.82, 2.24) is 10.2 Å². The van der Waals surface area contributed by atoms with E-state index in [1.165, 1.54) is 13.0 Å². The summed E-state index contributed by atoms with van der Waals surface area (Å²) in [6.07, 6.45) is 1.38. The maximum atomic E-state index is 12.6. The largest absolute Gasteiger partial charge is 0.490 e. The van der Waals surface area contributed by atoms with Crippen molar-refractivity contribution in [3.8, 4) is 23.3 Å². The Bertz CT molecular complexity index is 1360. The first kappa shape index (κ1) is 26.7. The van der Waals surface area contributed by atoms with Crippen molar-refractivity contribution in [1.29, 1.82) is 5.26 Å². The Labute approximate surface area is 213 Å². The highest BCUT2D eigenvalue weighted by atomic mass is 32.2. The van der Waals surface area contributed by atoms with Gasteiger partial charge in [-0.1, -0.05) is 42.5 Å². The molecule has 0 fully saturated rings. The maximum Gasteiger partial charge on any atom is 0.268 e. The average Bonchev–Trinajstić information content (AvgIpc) is 3.36. The SMILES string of the molecule is CCOc1cc(/C=C(/C#N)C(=O)Nc2nnc(S(=O)(=O)CC)s2)ccc1OCCOc1ccccc1. The molecule has 3 rings (SSSR count). The van der Waals surface area contributed by atoms with Gasteiger partial charge in [0.25, 0.3) is 5.91 Å². The molecule has 0 spiro atoms. The summed E-state index contributed by atoms with van der Waals surface area (Å²) in [6.45, 7) is 4.32. The molecule has 3 aromatic rings. The van der Waals surface area contributed by atoms with Crippen molar-refractivity contribution in [3.63, 3.8) is 0 Å². The van der Waals surface area contributed by atoms with Gasteiger partial charge in [-0.2, -0.15) is 5.26 Å². The van der Waals surface area contributed by atoms with E-state index in [1.54, 1.807) is 18.2 Å². The third-order valence-electron chi connectivity index (χ3n) is 4.57. The monoisotopic (exact) mass is 528 g/mol. The van der Waals surface area contributed by atoms with Crippen LogP contribution in [0.2, 0.25) is 0 Å². The van der Waals surface area contributed by atoms with Gasteiger partial charge >= 0.3 is 0 Å². The number of hydrogen-bond donors (Lipinski definition) is 1. The number of aromatic nitrogens is 2. The first-order valence-electron chi connectivity index (χ1n) is 10.9. The summed E-state index contributed by atoms with van der Waals surface area (Å²) in [5.74, 6) is 0.798. The smallest absolute Gasteiger partial charge is 0.268 e. The number of carbonyl (C=O) groups is 1. The van der Waals surface area contributed by atoms with Crippen LogP contribution in [0, 0.1) is 11.3 Å². The molecule has 1 amide bonds. The summed E-state index contributed by atoms with van der Waals surface area (Å²) >= 11 is 0.720. The number of anilines is 1. The number of para-hydroxylation sites is 1. The van der Waals surface area contributed by atoms with Crippen molar-refractivity contribution in [2.75, 3.05) is 30.9 Å². The van der Waals surface area contributed by atoms with Crippen LogP contribution in [0.4, 0.5) is 5.13 Å². The van der Waals surface area contributed by atoms with E-state index in [-0.39, 0.29) is 27.4 Å². The molecule has 10 nitrogen and oxygen atoms in total. The number of amides is 1. The molecule has 0 aliphatic heterocycles. The van der Waals surface area contributed by atoms with Crippen LogP contribution in [0.25, 0.3) is 6.08 Å². The van der Waals surface area contributed by atoms with E-state index in [2.05, 4.69) is 15.5 Å². The zero-order chi connectivity index (χ0) is 26.0. The Balaban J connectivity index is 1.68. The van der Waals surface area contributed by atoms with Gasteiger partial charge in [-0.15, -0.1) is 10.2 Å². The molecule has 188 valence electrons. The number of hydrogen-bond acceptors (Lipinski definition) is 10. The first-order chi connectivity index (χ1) is 17.4. The zero-order valence-electron chi connectivity index (χ0n) is 19.6. The maximum absolute atomic E-state index is 12.6. The normalized spacial score (nSPS) is 11.4. The first-order valence-corrected chi connectivity index (χ1v) is 13.4. The van der Waals surface area contributed by atoms with Crippen LogP contribution in [0.1, 0.15) is 19.4 Å². The lowest BCUT2D eigenvalue weighted by molar-refractivity contribution is -0.112. The third-order valence-corrected chi connectivity index (χ3v) is 7.59. The Morgan fingerprint density at radius 1 is 1.06 bits per heavy atom. The van der Waals surface area contributed by atoms with E-state index in [9.17, 15) is 18.5 Å². The number of nitrogens with zero attached hydrogens (tertiary/aromatic N) is 3. The number of nitrogens with one attached hydrogen (secondary N) is 1. The lowest BCUT2D eigenvalue weighted by Crippen LogP contribution is -2.13. The zero-order valence-corrected chi connectivity index (χ0v) is 21.3. The Morgan fingerprint density at radius 3 is 2.50 bits per heavy atom. The fraction of sp³-hybridized carbons (Fsp3) is 0.250. The number of benzene rings is 2. The lowest BCUT2D eigenvalue weighted by Gasteiger charge is -2.13.